The molecule has 0 bridgehead atoms. The summed E-state index contributed by atoms with van der Waals surface area (Å²) in [6, 6.07) is 0. The molecule has 6 rings (SSSR count). The van der Waals surface area contributed by atoms with Gasteiger partial charge in [0.05, 0.1) is 0 Å². The summed E-state index contributed by atoms with van der Waals surface area (Å²) in [7, 11) is 0. The Bertz CT molecular complexity index is 684. The Kier molecular flexibility index (Phi) is 8.31. The van der Waals surface area contributed by atoms with Crippen LogP contribution >= 0.6 is 0 Å². The smallest absolute Gasteiger partial charge is 0.133 e. The zero-order valence-electron chi connectivity index (χ0n) is 20.3. The number of hydrogen-bond acceptors (Lipinski definition) is 2. The normalized spacial score (nSPS) is 36.1. The van der Waals surface area contributed by atoms with Crippen LogP contribution in [0.15, 0.2) is 60.8 Å². The van der Waals surface area contributed by atoms with Gasteiger partial charge < -0.3 is 0 Å². The molecule has 0 aromatic heterocycles. The van der Waals surface area contributed by atoms with Gasteiger partial charge in [0.1, 0.15) is 11.6 Å². The third kappa shape index (κ3) is 6.09. The molecule has 6 aliphatic carbocycles. The molecule has 2 nitrogen and oxygen atoms in total. The molecule has 4 fully saturated rings. The molecule has 0 aliphatic heterocycles. The Morgan fingerprint density at radius 2 is 0.875 bits per heavy atom. The molecule has 0 aromatic carbocycles. The first-order valence-corrected chi connectivity index (χ1v) is 12.5. The minimum atomic E-state index is 0.363. The SMILES string of the molecule is C=C.C=C1CC2CC(=C)CC2C1.CC1=CC2C=C(C)CC2C1.O=C1CC2CC(=O)CC2C1. The van der Waals surface area contributed by atoms with Crippen molar-refractivity contribution in [1.29, 1.82) is 0 Å². The average Bonchev–Trinajstić information content (AvgIpc) is 3.50. The van der Waals surface area contributed by atoms with Gasteiger partial charge in [0.15, 0.2) is 0 Å². The fourth-order valence-electron chi connectivity index (χ4n) is 6.89. The van der Waals surface area contributed by atoms with Crippen LogP contribution in [0, 0.1) is 35.5 Å². The molecule has 0 spiro atoms. The summed E-state index contributed by atoms with van der Waals surface area (Å²) < 4.78 is 0. The monoisotopic (exact) mass is 434 g/mol. The van der Waals surface area contributed by atoms with Crippen molar-refractivity contribution in [2.75, 3.05) is 0 Å². The highest BCUT2D eigenvalue weighted by molar-refractivity contribution is 5.88. The van der Waals surface area contributed by atoms with Gasteiger partial charge in [0.2, 0.25) is 0 Å². The number of Topliss-reactive ketones (excluding diaryl/α,β-unsaturated/α-hetero) is 2. The maximum Gasteiger partial charge on any atom is 0.133 e. The second-order valence-electron chi connectivity index (χ2n) is 11.0. The number of carbonyl (C=O) groups is 2. The molecule has 0 heterocycles. The van der Waals surface area contributed by atoms with Crippen molar-refractivity contribution >= 4 is 11.6 Å². The molecule has 32 heavy (non-hydrogen) atoms. The number of fused-ring (bicyclic) bond motifs is 3. The van der Waals surface area contributed by atoms with E-state index in [-0.39, 0.29) is 0 Å². The summed E-state index contributed by atoms with van der Waals surface area (Å²) in [4.78, 5) is 21.7. The van der Waals surface area contributed by atoms with E-state index in [1.165, 1.54) is 49.7 Å². The molecular formula is C30H42O2. The molecule has 4 saturated carbocycles. The van der Waals surface area contributed by atoms with Gasteiger partial charge in [0, 0.05) is 25.7 Å². The number of allylic oxidation sites excluding steroid dienone is 6. The Balaban J connectivity index is 0.000000130. The third-order valence-corrected chi connectivity index (χ3v) is 8.16. The predicted molar refractivity (Wildman–Crippen MR) is 134 cm³/mol. The van der Waals surface area contributed by atoms with Gasteiger partial charge >= 0.3 is 0 Å². The lowest BCUT2D eigenvalue weighted by Gasteiger charge is -2.06. The van der Waals surface area contributed by atoms with Crippen LogP contribution in [0.3, 0.4) is 0 Å². The Morgan fingerprint density at radius 3 is 1.19 bits per heavy atom. The number of ketones is 2. The first kappa shape index (κ1) is 24.7. The van der Waals surface area contributed by atoms with Crippen LogP contribution in [0.4, 0.5) is 0 Å². The Hall–Kier alpha value is -1.96. The largest absolute Gasteiger partial charge is 0.300 e. The Labute approximate surface area is 195 Å². The van der Waals surface area contributed by atoms with E-state index < -0.39 is 0 Å². The van der Waals surface area contributed by atoms with Gasteiger partial charge in [-0.05, 0) is 87.9 Å². The van der Waals surface area contributed by atoms with Gasteiger partial charge in [-0.3, -0.25) is 9.59 Å². The number of rotatable bonds is 0. The maximum absolute atomic E-state index is 10.9. The van der Waals surface area contributed by atoms with Gasteiger partial charge in [-0.15, -0.1) is 13.2 Å². The quantitative estimate of drug-likeness (QED) is 0.368. The van der Waals surface area contributed by atoms with Crippen molar-refractivity contribution in [1.82, 2.24) is 0 Å². The molecule has 0 atom stereocenters. The number of hydrogen-bond donors (Lipinski definition) is 0. The highest BCUT2D eigenvalue weighted by Crippen LogP contribution is 2.47. The molecule has 174 valence electrons. The van der Waals surface area contributed by atoms with Crippen molar-refractivity contribution < 1.29 is 9.59 Å². The minimum absolute atomic E-state index is 0.363. The molecular weight excluding hydrogens is 392 g/mol. The first-order valence-electron chi connectivity index (χ1n) is 12.5. The lowest BCUT2D eigenvalue weighted by molar-refractivity contribution is -0.119. The highest BCUT2D eigenvalue weighted by atomic mass is 16.1. The van der Waals surface area contributed by atoms with E-state index in [1.807, 2.05) is 0 Å². The number of carbonyl (C=O) groups excluding carboxylic acids is 2. The lowest BCUT2D eigenvalue weighted by atomic mass is 9.98. The van der Waals surface area contributed by atoms with E-state index in [4.69, 9.17) is 0 Å². The van der Waals surface area contributed by atoms with Gasteiger partial charge in [-0.1, -0.05) is 47.6 Å². The predicted octanol–water partition coefficient (Wildman–Crippen LogP) is 7.58. The van der Waals surface area contributed by atoms with Crippen LogP contribution in [-0.2, 0) is 9.59 Å². The van der Waals surface area contributed by atoms with Crippen molar-refractivity contribution in [3.63, 3.8) is 0 Å². The minimum Gasteiger partial charge on any atom is -0.300 e. The van der Waals surface area contributed by atoms with E-state index in [0.717, 1.165) is 23.7 Å². The van der Waals surface area contributed by atoms with Crippen LogP contribution in [0.25, 0.3) is 0 Å². The average molecular weight is 435 g/mol. The van der Waals surface area contributed by atoms with Crippen molar-refractivity contribution in [2.45, 2.75) is 78.1 Å². The fourth-order valence-corrected chi connectivity index (χ4v) is 6.89. The van der Waals surface area contributed by atoms with E-state index in [9.17, 15) is 9.59 Å². The van der Waals surface area contributed by atoms with E-state index in [0.29, 0.717) is 49.1 Å². The molecule has 0 amide bonds. The zero-order chi connectivity index (χ0) is 23.4. The maximum atomic E-state index is 10.9. The van der Waals surface area contributed by atoms with Crippen molar-refractivity contribution in [3.8, 4) is 0 Å². The van der Waals surface area contributed by atoms with E-state index in [2.05, 4.69) is 52.3 Å². The summed E-state index contributed by atoms with van der Waals surface area (Å²) in [5, 5.41) is 0. The Morgan fingerprint density at radius 1 is 0.562 bits per heavy atom. The van der Waals surface area contributed by atoms with Gasteiger partial charge in [-0.25, -0.2) is 0 Å². The summed E-state index contributed by atoms with van der Waals surface area (Å²) in [5.41, 5.74) is 6.14. The summed E-state index contributed by atoms with van der Waals surface area (Å²) >= 11 is 0. The molecule has 0 N–H and O–H groups in total. The van der Waals surface area contributed by atoms with Crippen LogP contribution in [0.5, 0.6) is 0 Å². The summed E-state index contributed by atoms with van der Waals surface area (Å²) in [6.07, 6.45) is 15.4. The molecule has 0 saturated heterocycles. The third-order valence-electron chi connectivity index (χ3n) is 8.16. The topological polar surface area (TPSA) is 34.1 Å². The van der Waals surface area contributed by atoms with Gasteiger partial charge in [-0.2, -0.15) is 0 Å². The van der Waals surface area contributed by atoms with Gasteiger partial charge in [0.25, 0.3) is 0 Å². The van der Waals surface area contributed by atoms with Crippen LogP contribution < -0.4 is 0 Å². The van der Waals surface area contributed by atoms with E-state index in [1.54, 1.807) is 11.1 Å². The molecule has 0 aromatic rings. The lowest BCUT2D eigenvalue weighted by Crippen LogP contribution is -1.97. The second-order valence-corrected chi connectivity index (χ2v) is 11.0. The summed E-state index contributed by atoms with van der Waals surface area (Å²) in [5.74, 6) is 5.20. The highest BCUT2D eigenvalue weighted by Gasteiger charge is 2.40. The summed E-state index contributed by atoms with van der Waals surface area (Å²) in [6.45, 7) is 18.6. The van der Waals surface area contributed by atoms with Crippen LogP contribution in [-0.4, -0.2) is 11.6 Å². The zero-order valence-corrected chi connectivity index (χ0v) is 20.3. The molecule has 0 radical (unpaired) electrons. The van der Waals surface area contributed by atoms with Crippen molar-refractivity contribution in [3.05, 3.63) is 60.8 Å². The molecule has 2 heteroatoms. The van der Waals surface area contributed by atoms with Crippen LogP contribution in [0.2, 0.25) is 0 Å². The second kappa shape index (κ2) is 10.8. The molecule has 0 unspecified atom stereocenters. The standard InChI is InChI=1S/2C10H14.C8H10O2.C2H4/c2*1-7-3-9-5-8(2)6-10(9)4-7;9-7-1-5-2-8(10)4-6(5)3-7;1-2/h3,5,9-10H,4,6H2,1-2H3;9-10H,1-6H2;5-6H,1-4H2;1-2H2. The van der Waals surface area contributed by atoms with Crippen LogP contribution in [0.1, 0.15) is 78.1 Å². The first-order chi connectivity index (χ1) is 15.3. The van der Waals surface area contributed by atoms with Crippen molar-refractivity contribution in [2.24, 2.45) is 35.5 Å². The molecule has 6 aliphatic rings. The van der Waals surface area contributed by atoms with E-state index >= 15 is 0 Å². The fraction of sp³-hybridized carbons (Fsp3) is 0.600.